The number of carbonyl (C=O) groups excluding carboxylic acids is 1. The van der Waals surface area contributed by atoms with Crippen LogP contribution in [-0.4, -0.2) is 18.6 Å². The normalized spacial score (nSPS) is 18.0. The predicted octanol–water partition coefficient (Wildman–Crippen LogP) is 2.41. The lowest BCUT2D eigenvalue weighted by Crippen LogP contribution is -2.50. The fourth-order valence-electron chi connectivity index (χ4n) is 1.90. The molecule has 1 aliphatic rings. The molecule has 0 spiro atoms. The van der Waals surface area contributed by atoms with Gasteiger partial charge in [0.25, 0.3) is 0 Å². The Morgan fingerprint density at radius 3 is 2.78 bits per heavy atom. The van der Waals surface area contributed by atoms with Crippen LogP contribution in [0.2, 0.25) is 5.02 Å². The molecule has 0 radical (unpaired) electrons. The Morgan fingerprint density at radius 1 is 1.56 bits per heavy atom. The van der Waals surface area contributed by atoms with Crippen molar-refractivity contribution in [2.75, 3.05) is 12.4 Å². The molecule has 0 bridgehead atoms. The molecule has 3 N–H and O–H groups in total. The van der Waals surface area contributed by atoms with E-state index in [4.69, 9.17) is 22.1 Å². The minimum absolute atomic E-state index is 0.203. The van der Waals surface area contributed by atoms with Gasteiger partial charge in [0.15, 0.2) is 0 Å². The lowest BCUT2D eigenvalue weighted by Gasteiger charge is -2.23. The van der Waals surface area contributed by atoms with Crippen molar-refractivity contribution in [2.24, 2.45) is 11.7 Å². The maximum absolute atomic E-state index is 12.2. The Morgan fingerprint density at radius 2 is 2.22 bits per heavy atom. The number of halogens is 1. The maximum Gasteiger partial charge on any atom is 0.244 e. The minimum atomic E-state index is -0.840. The number of methoxy groups -OCH3 is 1. The van der Waals surface area contributed by atoms with Crippen molar-refractivity contribution < 1.29 is 9.53 Å². The molecule has 2 rings (SSSR count). The van der Waals surface area contributed by atoms with Crippen molar-refractivity contribution in [1.82, 2.24) is 0 Å². The van der Waals surface area contributed by atoms with Gasteiger partial charge in [-0.2, -0.15) is 0 Å². The second-order valence-electron chi connectivity index (χ2n) is 4.86. The third kappa shape index (κ3) is 2.60. The third-order valence-corrected chi connectivity index (χ3v) is 3.56. The van der Waals surface area contributed by atoms with E-state index in [-0.39, 0.29) is 11.8 Å². The van der Waals surface area contributed by atoms with Crippen LogP contribution in [-0.2, 0) is 4.79 Å². The van der Waals surface area contributed by atoms with Gasteiger partial charge >= 0.3 is 0 Å². The van der Waals surface area contributed by atoms with Crippen LogP contribution in [0.1, 0.15) is 19.8 Å². The highest BCUT2D eigenvalue weighted by Gasteiger charge is 2.44. The molecular formula is C13H17ClN2O2. The second-order valence-corrected chi connectivity index (χ2v) is 5.29. The lowest BCUT2D eigenvalue weighted by molar-refractivity contribution is -0.121. The number of nitrogens with one attached hydrogen (secondary N) is 1. The molecule has 1 aromatic rings. The van der Waals surface area contributed by atoms with Gasteiger partial charge < -0.3 is 15.8 Å². The largest absolute Gasteiger partial charge is 0.495 e. The molecule has 4 nitrogen and oxygen atoms in total. The Balaban J connectivity index is 2.18. The lowest BCUT2D eigenvalue weighted by atomic mass is 9.96. The number of benzene rings is 1. The Bertz CT molecular complexity index is 470. The first kappa shape index (κ1) is 13.2. The number of ether oxygens (including phenoxy) is 1. The van der Waals surface area contributed by atoms with Gasteiger partial charge in [-0.25, -0.2) is 0 Å². The summed E-state index contributed by atoms with van der Waals surface area (Å²) in [5, 5.41) is 3.33. The van der Waals surface area contributed by atoms with Crippen LogP contribution in [0.25, 0.3) is 0 Å². The van der Waals surface area contributed by atoms with Gasteiger partial charge in [0.05, 0.1) is 18.3 Å². The molecule has 1 unspecified atom stereocenters. The molecule has 1 aromatic carbocycles. The van der Waals surface area contributed by atoms with Crippen LogP contribution in [0.5, 0.6) is 5.75 Å². The quantitative estimate of drug-likeness (QED) is 0.881. The average Bonchev–Trinajstić information content (AvgIpc) is 3.13. The van der Waals surface area contributed by atoms with Crippen LogP contribution in [0, 0.1) is 5.92 Å². The summed E-state index contributed by atoms with van der Waals surface area (Å²) < 4.78 is 5.18. The third-order valence-electron chi connectivity index (χ3n) is 3.32. The number of amides is 1. The summed E-state index contributed by atoms with van der Waals surface area (Å²) in [5.41, 5.74) is 5.77. The number of anilines is 1. The molecule has 1 saturated carbocycles. The summed E-state index contributed by atoms with van der Waals surface area (Å²) in [6.07, 6.45) is 2.01. The van der Waals surface area contributed by atoms with Crippen molar-refractivity contribution in [3.63, 3.8) is 0 Å². The van der Waals surface area contributed by atoms with Gasteiger partial charge in [0.1, 0.15) is 5.75 Å². The SMILES string of the molecule is COc1ccc(Cl)cc1NC(=O)C(C)(N)C1CC1. The summed E-state index contributed by atoms with van der Waals surface area (Å²) in [5.74, 6) is 0.632. The van der Waals surface area contributed by atoms with E-state index in [1.165, 1.54) is 0 Å². The molecule has 5 heteroatoms. The van der Waals surface area contributed by atoms with E-state index in [2.05, 4.69) is 5.32 Å². The number of hydrogen-bond acceptors (Lipinski definition) is 3. The molecule has 1 fully saturated rings. The highest BCUT2D eigenvalue weighted by atomic mass is 35.5. The van der Waals surface area contributed by atoms with Crippen LogP contribution < -0.4 is 15.8 Å². The molecule has 0 aromatic heterocycles. The van der Waals surface area contributed by atoms with E-state index < -0.39 is 5.54 Å². The molecule has 1 amide bonds. The fraction of sp³-hybridized carbons (Fsp3) is 0.462. The molecule has 0 heterocycles. The number of hydrogen-bond donors (Lipinski definition) is 2. The molecule has 1 aliphatic carbocycles. The fourth-order valence-corrected chi connectivity index (χ4v) is 2.08. The zero-order valence-corrected chi connectivity index (χ0v) is 11.3. The van der Waals surface area contributed by atoms with Crippen LogP contribution in [0.4, 0.5) is 5.69 Å². The van der Waals surface area contributed by atoms with E-state index in [0.29, 0.717) is 16.5 Å². The first-order valence-electron chi connectivity index (χ1n) is 5.89. The first-order chi connectivity index (χ1) is 8.45. The van der Waals surface area contributed by atoms with E-state index in [9.17, 15) is 4.79 Å². The summed E-state index contributed by atoms with van der Waals surface area (Å²) in [6, 6.07) is 5.07. The summed E-state index contributed by atoms with van der Waals surface area (Å²) in [6.45, 7) is 1.76. The van der Waals surface area contributed by atoms with Crippen molar-refractivity contribution in [3.8, 4) is 5.75 Å². The topological polar surface area (TPSA) is 64.3 Å². The smallest absolute Gasteiger partial charge is 0.244 e. The van der Waals surface area contributed by atoms with Crippen LogP contribution in [0.15, 0.2) is 18.2 Å². The van der Waals surface area contributed by atoms with Crippen molar-refractivity contribution >= 4 is 23.2 Å². The standard InChI is InChI=1S/C13H17ClN2O2/c1-13(15,8-3-4-8)12(17)16-10-7-9(14)5-6-11(10)18-2/h5-8H,3-4,15H2,1-2H3,(H,16,17). The molecular weight excluding hydrogens is 252 g/mol. The van der Waals surface area contributed by atoms with E-state index in [0.717, 1.165) is 12.8 Å². The Hall–Kier alpha value is -1.26. The van der Waals surface area contributed by atoms with Gasteiger partial charge in [-0.05, 0) is 43.9 Å². The minimum Gasteiger partial charge on any atom is -0.495 e. The predicted molar refractivity (Wildman–Crippen MR) is 72.0 cm³/mol. The van der Waals surface area contributed by atoms with E-state index in [1.807, 2.05) is 0 Å². The van der Waals surface area contributed by atoms with Gasteiger partial charge in [-0.3, -0.25) is 4.79 Å². The van der Waals surface area contributed by atoms with Crippen molar-refractivity contribution in [1.29, 1.82) is 0 Å². The van der Waals surface area contributed by atoms with Gasteiger partial charge in [-0.1, -0.05) is 11.6 Å². The molecule has 0 aliphatic heterocycles. The van der Waals surface area contributed by atoms with Gasteiger partial charge in [0, 0.05) is 5.02 Å². The first-order valence-corrected chi connectivity index (χ1v) is 6.27. The zero-order valence-electron chi connectivity index (χ0n) is 10.5. The summed E-state index contributed by atoms with van der Waals surface area (Å²) in [4.78, 5) is 12.2. The average molecular weight is 269 g/mol. The second kappa shape index (κ2) is 4.78. The Labute approximate surface area is 111 Å². The van der Waals surface area contributed by atoms with E-state index >= 15 is 0 Å². The number of carbonyl (C=O) groups is 1. The molecule has 18 heavy (non-hydrogen) atoms. The van der Waals surface area contributed by atoms with E-state index in [1.54, 1.807) is 32.2 Å². The maximum atomic E-state index is 12.2. The van der Waals surface area contributed by atoms with Crippen LogP contribution in [0.3, 0.4) is 0 Å². The monoisotopic (exact) mass is 268 g/mol. The Kier molecular flexibility index (Phi) is 3.50. The summed E-state index contributed by atoms with van der Waals surface area (Å²) in [7, 11) is 1.54. The van der Waals surface area contributed by atoms with Crippen LogP contribution >= 0.6 is 11.6 Å². The highest BCUT2D eigenvalue weighted by Crippen LogP contribution is 2.39. The van der Waals surface area contributed by atoms with Gasteiger partial charge in [-0.15, -0.1) is 0 Å². The summed E-state index contributed by atoms with van der Waals surface area (Å²) >= 11 is 5.91. The highest BCUT2D eigenvalue weighted by molar-refractivity contribution is 6.31. The molecule has 98 valence electrons. The van der Waals surface area contributed by atoms with Crippen molar-refractivity contribution in [3.05, 3.63) is 23.2 Å². The number of nitrogens with two attached hydrogens (primary N) is 1. The molecule has 0 saturated heterocycles. The van der Waals surface area contributed by atoms with Crippen molar-refractivity contribution in [2.45, 2.75) is 25.3 Å². The van der Waals surface area contributed by atoms with Gasteiger partial charge in [0.2, 0.25) is 5.91 Å². The molecule has 1 atom stereocenters. The zero-order chi connectivity index (χ0) is 13.3. The number of rotatable bonds is 4.